The molecule has 0 bridgehead atoms. The summed E-state index contributed by atoms with van der Waals surface area (Å²) in [5.41, 5.74) is 0.601. The summed E-state index contributed by atoms with van der Waals surface area (Å²) in [4.78, 5) is 11.9. The summed E-state index contributed by atoms with van der Waals surface area (Å²) in [6.45, 7) is 5.24. The van der Waals surface area contributed by atoms with Crippen LogP contribution >= 0.6 is 0 Å². The first-order chi connectivity index (χ1) is 11.5. The number of carbonyl (C=O) groups excluding carboxylic acids is 1. The van der Waals surface area contributed by atoms with E-state index in [4.69, 9.17) is 9.47 Å². The van der Waals surface area contributed by atoms with Gasteiger partial charge < -0.3 is 14.8 Å². The molecule has 1 aromatic rings. The third-order valence-corrected chi connectivity index (χ3v) is 5.54. The van der Waals surface area contributed by atoms with Crippen LogP contribution in [0.15, 0.2) is 35.7 Å². The monoisotopic (exact) mass is 354 g/mol. The molecule has 1 amide bonds. The van der Waals surface area contributed by atoms with Crippen molar-refractivity contribution >= 4 is 15.9 Å². The van der Waals surface area contributed by atoms with Gasteiger partial charge in [-0.25, -0.2) is 8.42 Å². The number of hydrogen-bond acceptors (Lipinski definition) is 5. The number of sulfonamides is 1. The summed E-state index contributed by atoms with van der Waals surface area (Å²) in [7, 11) is -2.28. The lowest BCUT2D eigenvalue weighted by atomic mass is 10.1. The number of amides is 1. The van der Waals surface area contributed by atoms with Gasteiger partial charge in [-0.05, 0) is 17.7 Å². The molecule has 1 aliphatic heterocycles. The third-order valence-electron chi connectivity index (χ3n) is 3.62. The van der Waals surface area contributed by atoms with E-state index in [-0.39, 0.29) is 23.0 Å². The molecule has 2 rings (SSSR count). The average Bonchev–Trinajstić information content (AvgIpc) is 2.60. The lowest BCUT2D eigenvalue weighted by Crippen LogP contribution is -2.40. The van der Waals surface area contributed by atoms with E-state index in [1.165, 1.54) is 17.5 Å². The van der Waals surface area contributed by atoms with E-state index < -0.39 is 10.0 Å². The van der Waals surface area contributed by atoms with Crippen molar-refractivity contribution in [3.63, 3.8) is 0 Å². The molecular weight excluding hydrogens is 332 g/mol. The van der Waals surface area contributed by atoms with Crippen molar-refractivity contribution in [1.29, 1.82) is 0 Å². The van der Waals surface area contributed by atoms with Gasteiger partial charge in [0.1, 0.15) is 10.6 Å². The standard InChI is InChI=1S/C16H22N2O5S/c1-3-6-17-16(19)12-13-4-5-14(22-2)15(11-13)24(20,21)18-7-9-23-10-8-18/h3-5,11H,1,6-10,12H2,2H3,(H,17,19). The zero-order valence-electron chi connectivity index (χ0n) is 13.7. The largest absolute Gasteiger partial charge is 0.495 e. The van der Waals surface area contributed by atoms with E-state index >= 15 is 0 Å². The van der Waals surface area contributed by atoms with Crippen LogP contribution in [0.3, 0.4) is 0 Å². The molecule has 0 aliphatic carbocycles. The second kappa shape index (κ2) is 8.27. The fraction of sp³-hybridized carbons (Fsp3) is 0.438. The Morgan fingerprint density at radius 1 is 1.42 bits per heavy atom. The number of nitrogens with zero attached hydrogens (tertiary/aromatic N) is 1. The molecule has 1 N–H and O–H groups in total. The lowest BCUT2D eigenvalue weighted by Gasteiger charge is -2.26. The number of rotatable bonds is 7. The highest BCUT2D eigenvalue weighted by Crippen LogP contribution is 2.28. The zero-order chi connectivity index (χ0) is 17.6. The summed E-state index contributed by atoms with van der Waals surface area (Å²) in [5.74, 6) is 0.0616. The van der Waals surface area contributed by atoms with E-state index in [1.807, 2.05) is 0 Å². The Morgan fingerprint density at radius 2 is 2.12 bits per heavy atom. The first-order valence-electron chi connectivity index (χ1n) is 7.61. The van der Waals surface area contributed by atoms with Gasteiger partial charge in [0.25, 0.3) is 0 Å². The van der Waals surface area contributed by atoms with Crippen molar-refractivity contribution in [2.45, 2.75) is 11.3 Å². The molecule has 0 spiro atoms. The molecule has 1 heterocycles. The minimum absolute atomic E-state index is 0.0703. The molecule has 24 heavy (non-hydrogen) atoms. The summed E-state index contributed by atoms with van der Waals surface area (Å²) in [6, 6.07) is 4.76. The maximum absolute atomic E-state index is 12.9. The normalized spacial score (nSPS) is 15.7. The first-order valence-corrected chi connectivity index (χ1v) is 9.05. The molecule has 8 heteroatoms. The highest BCUT2D eigenvalue weighted by Gasteiger charge is 2.29. The fourth-order valence-corrected chi connectivity index (χ4v) is 4.01. The van der Waals surface area contributed by atoms with E-state index in [0.717, 1.165) is 0 Å². The SMILES string of the molecule is C=CCNC(=O)Cc1ccc(OC)c(S(=O)(=O)N2CCOCC2)c1. The van der Waals surface area contributed by atoms with Gasteiger partial charge in [-0.2, -0.15) is 4.31 Å². The molecule has 0 aromatic heterocycles. The number of benzene rings is 1. The quantitative estimate of drug-likeness (QED) is 0.723. The number of nitrogens with one attached hydrogen (secondary N) is 1. The molecule has 1 aliphatic rings. The van der Waals surface area contributed by atoms with Crippen LogP contribution in [0.2, 0.25) is 0 Å². The van der Waals surface area contributed by atoms with Crippen LogP contribution in [0.1, 0.15) is 5.56 Å². The Morgan fingerprint density at radius 3 is 2.75 bits per heavy atom. The van der Waals surface area contributed by atoms with Gasteiger partial charge in [0, 0.05) is 19.6 Å². The second-order valence-corrected chi connectivity index (χ2v) is 7.18. The first kappa shape index (κ1) is 18.4. The Bertz CT molecular complexity index is 696. The number of ether oxygens (including phenoxy) is 2. The van der Waals surface area contributed by atoms with Crippen LogP contribution in [0, 0.1) is 0 Å². The van der Waals surface area contributed by atoms with Crippen LogP contribution in [0.5, 0.6) is 5.75 Å². The zero-order valence-corrected chi connectivity index (χ0v) is 14.5. The summed E-state index contributed by atoms with van der Waals surface area (Å²) in [5, 5.41) is 2.67. The minimum atomic E-state index is -3.70. The fourth-order valence-electron chi connectivity index (χ4n) is 2.39. The smallest absolute Gasteiger partial charge is 0.246 e. The van der Waals surface area contributed by atoms with Gasteiger partial charge in [0.15, 0.2) is 0 Å². The number of carbonyl (C=O) groups is 1. The van der Waals surface area contributed by atoms with Gasteiger partial charge in [-0.3, -0.25) is 4.79 Å². The molecule has 7 nitrogen and oxygen atoms in total. The van der Waals surface area contributed by atoms with Crippen LogP contribution in [0.4, 0.5) is 0 Å². The number of morpholine rings is 1. The van der Waals surface area contributed by atoms with E-state index in [1.54, 1.807) is 18.2 Å². The molecule has 0 radical (unpaired) electrons. The third kappa shape index (κ3) is 4.34. The lowest BCUT2D eigenvalue weighted by molar-refractivity contribution is -0.120. The van der Waals surface area contributed by atoms with Gasteiger partial charge in [-0.15, -0.1) is 6.58 Å². The highest BCUT2D eigenvalue weighted by molar-refractivity contribution is 7.89. The van der Waals surface area contributed by atoms with Crippen LogP contribution in [-0.2, 0) is 26.0 Å². The second-order valence-electron chi connectivity index (χ2n) is 5.27. The highest BCUT2D eigenvalue weighted by atomic mass is 32.2. The summed E-state index contributed by atoms with van der Waals surface area (Å²) >= 11 is 0. The number of methoxy groups -OCH3 is 1. The predicted octanol–water partition coefficient (Wildman–Crippen LogP) is 0.561. The summed E-state index contributed by atoms with van der Waals surface area (Å²) < 4.78 is 37.5. The van der Waals surface area contributed by atoms with Gasteiger partial charge >= 0.3 is 0 Å². The molecule has 1 aromatic carbocycles. The van der Waals surface area contributed by atoms with Crippen molar-refractivity contribution in [2.24, 2.45) is 0 Å². The Hall–Kier alpha value is -1.90. The van der Waals surface area contributed by atoms with Gasteiger partial charge in [0.2, 0.25) is 15.9 Å². The molecule has 1 fully saturated rings. The maximum atomic E-state index is 12.9. The Labute approximate surface area is 142 Å². The molecule has 0 saturated carbocycles. The Balaban J connectivity index is 2.28. The predicted molar refractivity (Wildman–Crippen MR) is 89.5 cm³/mol. The molecular formula is C16H22N2O5S. The summed E-state index contributed by atoms with van der Waals surface area (Å²) in [6.07, 6.45) is 1.67. The van der Waals surface area contributed by atoms with Crippen molar-refractivity contribution < 1.29 is 22.7 Å². The van der Waals surface area contributed by atoms with Crippen LogP contribution in [0.25, 0.3) is 0 Å². The molecule has 0 atom stereocenters. The number of hydrogen-bond donors (Lipinski definition) is 1. The van der Waals surface area contributed by atoms with E-state index in [2.05, 4.69) is 11.9 Å². The van der Waals surface area contributed by atoms with Gasteiger partial charge in [-0.1, -0.05) is 12.1 Å². The molecule has 1 saturated heterocycles. The Kier molecular flexibility index (Phi) is 6.36. The maximum Gasteiger partial charge on any atom is 0.246 e. The van der Waals surface area contributed by atoms with Crippen molar-refractivity contribution in [2.75, 3.05) is 40.0 Å². The minimum Gasteiger partial charge on any atom is -0.495 e. The molecule has 132 valence electrons. The van der Waals surface area contributed by atoms with E-state index in [0.29, 0.717) is 38.4 Å². The van der Waals surface area contributed by atoms with Crippen molar-refractivity contribution in [3.8, 4) is 5.75 Å². The topological polar surface area (TPSA) is 84.9 Å². The average molecular weight is 354 g/mol. The van der Waals surface area contributed by atoms with Crippen LogP contribution < -0.4 is 10.1 Å². The van der Waals surface area contributed by atoms with Crippen molar-refractivity contribution in [3.05, 3.63) is 36.4 Å². The van der Waals surface area contributed by atoms with Gasteiger partial charge in [0.05, 0.1) is 26.7 Å². The van der Waals surface area contributed by atoms with E-state index in [9.17, 15) is 13.2 Å². The molecule has 0 unspecified atom stereocenters. The van der Waals surface area contributed by atoms with Crippen LogP contribution in [-0.4, -0.2) is 58.6 Å². The van der Waals surface area contributed by atoms with Crippen molar-refractivity contribution in [1.82, 2.24) is 9.62 Å².